The van der Waals surface area contributed by atoms with Crippen LogP contribution in [0.25, 0.3) is 0 Å². The molecule has 0 bridgehead atoms. The van der Waals surface area contributed by atoms with Gasteiger partial charge in [0.05, 0.1) is 13.2 Å². The zero-order chi connectivity index (χ0) is 8.93. The molecule has 0 unspecified atom stereocenters. The Balaban J connectivity index is 1.46. The molecule has 1 heterocycles. The van der Waals surface area contributed by atoms with Gasteiger partial charge in [0.1, 0.15) is 0 Å². The number of nitrogens with one attached hydrogen (secondary N) is 1. The number of hydrogen-bond donors (Lipinski definition) is 1. The first kappa shape index (κ1) is 9.44. The molecule has 0 aromatic heterocycles. The van der Waals surface area contributed by atoms with E-state index in [1.165, 1.54) is 32.4 Å². The lowest BCUT2D eigenvalue weighted by Crippen LogP contribution is -2.37. The highest BCUT2D eigenvalue weighted by atomic mass is 16.5. The average molecular weight is 184 g/mol. The van der Waals surface area contributed by atoms with E-state index in [4.69, 9.17) is 4.74 Å². The topological polar surface area (TPSA) is 24.5 Å². The van der Waals surface area contributed by atoms with Crippen LogP contribution in [-0.4, -0.2) is 50.3 Å². The molecule has 0 spiro atoms. The minimum absolute atomic E-state index is 0.865. The molecular weight excluding hydrogens is 164 g/mol. The van der Waals surface area contributed by atoms with E-state index in [0.29, 0.717) is 0 Å². The molecule has 13 heavy (non-hydrogen) atoms. The lowest BCUT2D eigenvalue weighted by atomic mass is 10.3. The van der Waals surface area contributed by atoms with Crippen LogP contribution in [0.15, 0.2) is 0 Å². The fourth-order valence-corrected chi connectivity index (χ4v) is 1.72. The predicted octanol–water partition coefficient (Wildman–Crippen LogP) is 0.461. The second-order valence-electron chi connectivity index (χ2n) is 4.04. The van der Waals surface area contributed by atoms with Crippen LogP contribution in [0.3, 0.4) is 0 Å². The molecule has 0 aromatic rings. The molecule has 3 nitrogen and oxygen atoms in total. The van der Waals surface area contributed by atoms with Crippen molar-refractivity contribution in [1.82, 2.24) is 10.2 Å². The first-order chi connectivity index (χ1) is 6.45. The lowest BCUT2D eigenvalue weighted by Gasteiger charge is -2.26. The summed E-state index contributed by atoms with van der Waals surface area (Å²) in [7, 11) is 0. The van der Waals surface area contributed by atoms with E-state index in [1.54, 1.807) is 0 Å². The van der Waals surface area contributed by atoms with Gasteiger partial charge in [-0.05, 0) is 32.4 Å². The molecule has 1 aliphatic heterocycles. The second kappa shape index (κ2) is 4.94. The molecule has 0 amide bonds. The number of hydrogen-bond acceptors (Lipinski definition) is 3. The molecule has 0 radical (unpaired) electrons. The maximum Gasteiger partial charge on any atom is 0.0594 e. The quantitative estimate of drug-likeness (QED) is 0.628. The third-order valence-electron chi connectivity index (χ3n) is 2.77. The van der Waals surface area contributed by atoms with E-state index in [9.17, 15) is 0 Å². The molecule has 3 heteroatoms. The van der Waals surface area contributed by atoms with Crippen molar-refractivity contribution in [3.05, 3.63) is 0 Å². The smallest absolute Gasteiger partial charge is 0.0594 e. The van der Waals surface area contributed by atoms with Gasteiger partial charge in [-0.25, -0.2) is 0 Å². The second-order valence-corrected chi connectivity index (χ2v) is 4.04. The number of rotatable bonds is 5. The summed E-state index contributed by atoms with van der Waals surface area (Å²) in [5, 5.41) is 3.54. The van der Waals surface area contributed by atoms with Gasteiger partial charge in [0, 0.05) is 19.1 Å². The summed E-state index contributed by atoms with van der Waals surface area (Å²) in [6, 6.07) is 0.865. The average Bonchev–Trinajstić information content (AvgIpc) is 2.98. The highest BCUT2D eigenvalue weighted by molar-refractivity contribution is 4.80. The highest BCUT2D eigenvalue weighted by Crippen LogP contribution is 2.18. The standard InChI is InChI=1S/C10H20N2O/c1(4-11-10-2-3-10)5-12-6-8-13-9-7-12/h10-11H,1-9H2. The van der Waals surface area contributed by atoms with Crippen LogP contribution in [0.5, 0.6) is 0 Å². The van der Waals surface area contributed by atoms with Crippen LogP contribution in [0.2, 0.25) is 0 Å². The molecule has 1 N–H and O–H groups in total. The molecule has 1 saturated carbocycles. The Morgan fingerprint density at radius 1 is 1.23 bits per heavy atom. The van der Waals surface area contributed by atoms with Crippen LogP contribution in [0.1, 0.15) is 19.3 Å². The van der Waals surface area contributed by atoms with Gasteiger partial charge in [-0.2, -0.15) is 0 Å². The number of morpholine rings is 1. The summed E-state index contributed by atoms with van der Waals surface area (Å²) in [5.41, 5.74) is 0. The summed E-state index contributed by atoms with van der Waals surface area (Å²) in [6.45, 7) is 6.55. The zero-order valence-corrected chi connectivity index (χ0v) is 8.30. The molecule has 2 rings (SSSR count). The van der Waals surface area contributed by atoms with E-state index in [1.807, 2.05) is 0 Å². The van der Waals surface area contributed by atoms with Crippen LogP contribution < -0.4 is 5.32 Å². The Kier molecular flexibility index (Phi) is 3.58. The predicted molar refractivity (Wildman–Crippen MR) is 52.9 cm³/mol. The first-order valence-corrected chi connectivity index (χ1v) is 5.48. The molecule has 2 aliphatic rings. The monoisotopic (exact) mass is 184 g/mol. The van der Waals surface area contributed by atoms with Gasteiger partial charge in [-0.3, -0.25) is 4.90 Å². The lowest BCUT2D eigenvalue weighted by molar-refractivity contribution is 0.0374. The summed E-state index contributed by atoms with van der Waals surface area (Å²) < 4.78 is 5.30. The van der Waals surface area contributed by atoms with Crippen LogP contribution >= 0.6 is 0 Å². The van der Waals surface area contributed by atoms with Crippen LogP contribution in [0.4, 0.5) is 0 Å². The van der Waals surface area contributed by atoms with E-state index in [2.05, 4.69) is 10.2 Å². The molecule has 76 valence electrons. The summed E-state index contributed by atoms with van der Waals surface area (Å²) in [4.78, 5) is 2.50. The van der Waals surface area contributed by atoms with E-state index >= 15 is 0 Å². The van der Waals surface area contributed by atoms with E-state index in [0.717, 1.165) is 32.3 Å². The molecule has 2 fully saturated rings. The largest absolute Gasteiger partial charge is 0.379 e. The number of nitrogens with zero attached hydrogens (tertiary/aromatic N) is 1. The van der Waals surface area contributed by atoms with Crippen molar-refractivity contribution in [3.63, 3.8) is 0 Å². The van der Waals surface area contributed by atoms with Crippen molar-refractivity contribution in [1.29, 1.82) is 0 Å². The Morgan fingerprint density at radius 2 is 2.00 bits per heavy atom. The number of ether oxygens (including phenoxy) is 1. The minimum Gasteiger partial charge on any atom is -0.379 e. The van der Waals surface area contributed by atoms with Crippen molar-refractivity contribution < 1.29 is 4.74 Å². The summed E-state index contributed by atoms with van der Waals surface area (Å²) in [5.74, 6) is 0. The highest BCUT2D eigenvalue weighted by Gasteiger charge is 2.19. The Hall–Kier alpha value is -0.120. The van der Waals surface area contributed by atoms with Crippen molar-refractivity contribution in [3.8, 4) is 0 Å². The Morgan fingerprint density at radius 3 is 2.69 bits per heavy atom. The molecular formula is C10H20N2O. The molecule has 1 saturated heterocycles. The normalized spacial score (nSPS) is 24.9. The minimum atomic E-state index is 0.865. The van der Waals surface area contributed by atoms with Gasteiger partial charge in [0.15, 0.2) is 0 Å². The van der Waals surface area contributed by atoms with Crippen molar-refractivity contribution in [2.45, 2.75) is 25.3 Å². The fraction of sp³-hybridized carbons (Fsp3) is 1.00. The van der Waals surface area contributed by atoms with Gasteiger partial charge in [0.25, 0.3) is 0 Å². The Labute approximate surface area is 80.4 Å². The maximum absolute atomic E-state index is 5.30. The van der Waals surface area contributed by atoms with Gasteiger partial charge in [-0.1, -0.05) is 0 Å². The third kappa shape index (κ3) is 3.63. The molecule has 1 aliphatic carbocycles. The van der Waals surface area contributed by atoms with Crippen LogP contribution in [-0.2, 0) is 4.74 Å². The fourth-order valence-electron chi connectivity index (χ4n) is 1.72. The zero-order valence-electron chi connectivity index (χ0n) is 8.30. The SMILES string of the molecule is C(CNC1CC1)CN1CCOCC1. The van der Waals surface area contributed by atoms with Gasteiger partial charge >= 0.3 is 0 Å². The van der Waals surface area contributed by atoms with Gasteiger partial charge in [-0.15, -0.1) is 0 Å². The Bertz CT molecular complexity index is 142. The molecule has 0 atom stereocenters. The van der Waals surface area contributed by atoms with E-state index < -0.39 is 0 Å². The summed E-state index contributed by atoms with van der Waals surface area (Å²) in [6.07, 6.45) is 4.09. The van der Waals surface area contributed by atoms with Gasteiger partial charge < -0.3 is 10.1 Å². The van der Waals surface area contributed by atoms with E-state index in [-0.39, 0.29) is 0 Å². The molecule has 0 aromatic carbocycles. The van der Waals surface area contributed by atoms with Crippen molar-refractivity contribution >= 4 is 0 Å². The van der Waals surface area contributed by atoms with Gasteiger partial charge in [0.2, 0.25) is 0 Å². The third-order valence-corrected chi connectivity index (χ3v) is 2.77. The maximum atomic E-state index is 5.30. The van der Waals surface area contributed by atoms with Crippen LogP contribution in [0, 0.1) is 0 Å². The first-order valence-electron chi connectivity index (χ1n) is 5.48. The summed E-state index contributed by atoms with van der Waals surface area (Å²) >= 11 is 0. The van der Waals surface area contributed by atoms with Crippen molar-refractivity contribution in [2.24, 2.45) is 0 Å². The van der Waals surface area contributed by atoms with Crippen molar-refractivity contribution in [2.75, 3.05) is 39.4 Å².